The van der Waals surface area contributed by atoms with Crippen LogP contribution >= 0.6 is 11.3 Å². The van der Waals surface area contributed by atoms with E-state index in [4.69, 9.17) is 5.73 Å². The van der Waals surface area contributed by atoms with Crippen LogP contribution in [0.3, 0.4) is 0 Å². The van der Waals surface area contributed by atoms with E-state index in [0.717, 1.165) is 6.42 Å². The van der Waals surface area contributed by atoms with E-state index >= 15 is 0 Å². The van der Waals surface area contributed by atoms with Crippen molar-refractivity contribution in [3.05, 3.63) is 46.0 Å². The Balaban J connectivity index is 2.24. The van der Waals surface area contributed by atoms with E-state index in [1.165, 1.54) is 21.6 Å². The van der Waals surface area contributed by atoms with Gasteiger partial charge in [0.25, 0.3) is 0 Å². The number of aromatic nitrogens is 1. The van der Waals surface area contributed by atoms with Crippen LogP contribution in [0.5, 0.6) is 0 Å². The Labute approximate surface area is 93.8 Å². The number of aryl methyl sites for hydroxylation is 2. The zero-order valence-corrected chi connectivity index (χ0v) is 9.77. The zero-order chi connectivity index (χ0) is 10.8. The smallest absolute Gasteiger partial charge is 0.180 e. The molecule has 1 aromatic carbocycles. The highest BCUT2D eigenvalue weighted by molar-refractivity contribution is 7.15. The van der Waals surface area contributed by atoms with Crippen molar-refractivity contribution in [2.45, 2.75) is 20.3 Å². The lowest BCUT2D eigenvalue weighted by Gasteiger charge is -2.02. The van der Waals surface area contributed by atoms with Gasteiger partial charge in [-0.25, -0.2) is 4.98 Å². The molecule has 0 aliphatic carbocycles. The number of nitrogens with two attached hydrogens (primary N) is 1. The molecule has 0 saturated heterocycles. The minimum atomic E-state index is 0.648. The molecule has 1 aromatic heterocycles. The van der Waals surface area contributed by atoms with Gasteiger partial charge < -0.3 is 5.73 Å². The van der Waals surface area contributed by atoms with Gasteiger partial charge in [0.2, 0.25) is 0 Å². The fourth-order valence-electron chi connectivity index (χ4n) is 1.78. The van der Waals surface area contributed by atoms with E-state index in [1.54, 1.807) is 11.3 Å². The number of hydrogen-bond acceptors (Lipinski definition) is 3. The highest BCUT2D eigenvalue weighted by Gasteiger charge is 2.01. The van der Waals surface area contributed by atoms with E-state index in [1.807, 2.05) is 6.20 Å². The lowest BCUT2D eigenvalue weighted by molar-refractivity contribution is 1.19. The first-order valence-electron chi connectivity index (χ1n) is 4.91. The number of nitrogen functional groups attached to an aromatic ring is 1. The van der Waals surface area contributed by atoms with E-state index in [-0.39, 0.29) is 0 Å². The van der Waals surface area contributed by atoms with Gasteiger partial charge in [0.15, 0.2) is 5.13 Å². The van der Waals surface area contributed by atoms with Crippen LogP contribution in [0.1, 0.15) is 21.6 Å². The molecule has 0 saturated carbocycles. The Bertz CT molecular complexity index is 454. The first kappa shape index (κ1) is 10.2. The maximum Gasteiger partial charge on any atom is 0.180 e. The van der Waals surface area contributed by atoms with E-state index in [9.17, 15) is 0 Å². The van der Waals surface area contributed by atoms with Gasteiger partial charge in [-0.1, -0.05) is 29.3 Å². The standard InChI is InChI=1S/C12H14N2S/c1-8-3-9(2)5-10(4-8)6-11-7-14-12(13)15-11/h3-5,7H,6H2,1-2H3,(H2,13,14). The second kappa shape index (κ2) is 4.03. The topological polar surface area (TPSA) is 38.9 Å². The van der Waals surface area contributed by atoms with Crippen molar-refractivity contribution < 1.29 is 0 Å². The third-order valence-electron chi connectivity index (χ3n) is 2.23. The lowest BCUT2D eigenvalue weighted by atomic mass is 10.0. The minimum absolute atomic E-state index is 0.648. The third-order valence-corrected chi connectivity index (χ3v) is 3.06. The highest BCUT2D eigenvalue weighted by Crippen LogP contribution is 2.19. The van der Waals surface area contributed by atoms with Gasteiger partial charge in [-0.2, -0.15) is 0 Å². The molecule has 0 spiro atoms. The fraction of sp³-hybridized carbons (Fsp3) is 0.250. The minimum Gasteiger partial charge on any atom is -0.375 e. The van der Waals surface area contributed by atoms with E-state index in [2.05, 4.69) is 37.0 Å². The quantitative estimate of drug-likeness (QED) is 0.841. The van der Waals surface area contributed by atoms with Gasteiger partial charge in [0.05, 0.1) is 0 Å². The number of hydrogen-bond donors (Lipinski definition) is 1. The summed E-state index contributed by atoms with van der Waals surface area (Å²) >= 11 is 1.56. The first-order chi connectivity index (χ1) is 7.13. The normalized spacial score (nSPS) is 10.5. The molecule has 78 valence electrons. The van der Waals surface area contributed by atoms with Gasteiger partial charge in [0, 0.05) is 17.5 Å². The summed E-state index contributed by atoms with van der Waals surface area (Å²) in [5.41, 5.74) is 9.54. The molecule has 0 bridgehead atoms. The largest absolute Gasteiger partial charge is 0.375 e. The van der Waals surface area contributed by atoms with Crippen LogP contribution in [0.25, 0.3) is 0 Å². The Morgan fingerprint density at radius 1 is 1.20 bits per heavy atom. The maximum absolute atomic E-state index is 5.60. The van der Waals surface area contributed by atoms with Crippen molar-refractivity contribution in [1.29, 1.82) is 0 Å². The molecule has 0 radical (unpaired) electrons. The molecule has 2 aromatic rings. The molecule has 2 nitrogen and oxygen atoms in total. The summed E-state index contributed by atoms with van der Waals surface area (Å²) in [6, 6.07) is 6.61. The number of nitrogens with zero attached hydrogens (tertiary/aromatic N) is 1. The lowest BCUT2D eigenvalue weighted by Crippen LogP contribution is -1.87. The van der Waals surface area contributed by atoms with Crippen molar-refractivity contribution >= 4 is 16.5 Å². The van der Waals surface area contributed by atoms with E-state index in [0.29, 0.717) is 5.13 Å². The van der Waals surface area contributed by atoms with Crippen LogP contribution in [0.15, 0.2) is 24.4 Å². The molecule has 0 atom stereocenters. The van der Waals surface area contributed by atoms with Crippen LogP contribution in [0.4, 0.5) is 5.13 Å². The second-order valence-corrected chi connectivity index (χ2v) is 4.98. The molecule has 1 heterocycles. The molecule has 15 heavy (non-hydrogen) atoms. The van der Waals surface area contributed by atoms with Crippen molar-refractivity contribution in [3.8, 4) is 0 Å². The summed E-state index contributed by atoms with van der Waals surface area (Å²) < 4.78 is 0. The van der Waals surface area contributed by atoms with Crippen LogP contribution in [-0.2, 0) is 6.42 Å². The van der Waals surface area contributed by atoms with Crippen LogP contribution in [0.2, 0.25) is 0 Å². The SMILES string of the molecule is Cc1cc(C)cc(Cc2cnc(N)s2)c1. The Kier molecular flexibility index (Phi) is 2.73. The van der Waals surface area contributed by atoms with Crippen LogP contribution < -0.4 is 5.73 Å². The molecule has 0 amide bonds. The highest BCUT2D eigenvalue weighted by atomic mass is 32.1. The summed E-state index contributed by atoms with van der Waals surface area (Å²) in [5, 5.41) is 0.648. The van der Waals surface area contributed by atoms with E-state index < -0.39 is 0 Å². The molecule has 3 heteroatoms. The predicted molar refractivity (Wildman–Crippen MR) is 65.2 cm³/mol. The Morgan fingerprint density at radius 3 is 2.40 bits per heavy atom. The van der Waals surface area contributed by atoms with Gasteiger partial charge >= 0.3 is 0 Å². The number of rotatable bonds is 2. The van der Waals surface area contributed by atoms with Gasteiger partial charge in [-0.05, 0) is 19.4 Å². The average molecular weight is 218 g/mol. The van der Waals surface area contributed by atoms with Gasteiger partial charge in [-0.3, -0.25) is 0 Å². The fourth-order valence-corrected chi connectivity index (χ4v) is 2.49. The molecular weight excluding hydrogens is 204 g/mol. The molecule has 0 unspecified atom stereocenters. The molecule has 0 aliphatic rings. The van der Waals surface area contributed by atoms with Crippen LogP contribution in [-0.4, -0.2) is 4.98 Å². The summed E-state index contributed by atoms with van der Waals surface area (Å²) in [6.45, 7) is 4.25. The number of anilines is 1. The molecular formula is C12H14N2S. The third kappa shape index (κ3) is 2.57. The monoisotopic (exact) mass is 218 g/mol. The molecule has 2 rings (SSSR count). The second-order valence-electron chi connectivity index (χ2n) is 3.84. The Hall–Kier alpha value is -1.35. The summed E-state index contributed by atoms with van der Waals surface area (Å²) in [4.78, 5) is 5.27. The van der Waals surface area contributed by atoms with Crippen molar-refractivity contribution in [2.24, 2.45) is 0 Å². The zero-order valence-electron chi connectivity index (χ0n) is 8.95. The molecule has 0 aliphatic heterocycles. The predicted octanol–water partition coefficient (Wildman–Crippen LogP) is 2.93. The van der Waals surface area contributed by atoms with Gasteiger partial charge in [-0.15, -0.1) is 11.3 Å². The van der Waals surface area contributed by atoms with Crippen LogP contribution in [0, 0.1) is 13.8 Å². The van der Waals surface area contributed by atoms with Crippen molar-refractivity contribution in [2.75, 3.05) is 5.73 Å². The molecule has 0 fully saturated rings. The van der Waals surface area contributed by atoms with Gasteiger partial charge in [0.1, 0.15) is 0 Å². The summed E-state index contributed by atoms with van der Waals surface area (Å²) in [7, 11) is 0. The molecule has 2 N–H and O–H groups in total. The maximum atomic E-state index is 5.60. The summed E-state index contributed by atoms with van der Waals surface area (Å²) in [5.74, 6) is 0. The summed E-state index contributed by atoms with van der Waals surface area (Å²) in [6.07, 6.45) is 2.79. The number of thiazole rings is 1. The average Bonchev–Trinajstić information content (AvgIpc) is 2.49. The van der Waals surface area contributed by atoms with Crippen molar-refractivity contribution in [1.82, 2.24) is 4.98 Å². The Morgan fingerprint density at radius 2 is 1.87 bits per heavy atom. The van der Waals surface area contributed by atoms with Crippen molar-refractivity contribution in [3.63, 3.8) is 0 Å². The number of benzene rings is 1. The first-order valence-corrected chi connectivity index (χ1v) is 5.72.